The standard InChI is InChI=1S/C24H32N2O5S/c1-5-30-20-11-7-6-10-19(20)25-24(32)26(16-18-9-8-14-31-18)15-17-12-13-21(27-2)23(29-4)22(17)28-3/h6-7,10-13,18H,5,8-9,14-16H2,1-4H3,(H,25,32). The second-order valence-electron chi connectivity index (χ2n) is 7.37. The molecule has 1 heterocycles. The summed E-state index contributed by atoms with van der Waals surface area (Å²) in [5.74, 6) is 2.56. The van der Waals surface area contributed by atoms with Crippen LogP contribution < -0.4 is 24.3 Å². The first-order valence-corrected chi connectivity index (χ1v) is 11.2. The zero-order chi connectivity index (χ0) is 22.9. The fourth-order valence-corrected chi connectivity index (χ4v) is 4.04. The molecule has 1 aliphatic heterocycles. The fraction of sp³-hybridized carbons (Fsp3) is 0.458. The maximum absolute atomic E-state index is 5.89. The van der Waals surface area contributed by atoms with E-state index in [4.69, 9.17) is 35.9 Å². The first-order valence-electron chi connectivity index (χ1n) is 10.8. The van der Waals surface area contributed by atoms with Crippen molar-refractivity contribution in [1.82, 2.24) is 4.90 Å². The van der Waals surface area contributed by atoms with Crippen LogP contribution in [0, 0.1) is 0 Å². The van der Waals surface area contributed by atoms with Crippen LogP contribution in [0.3, 0.4) is 0 Å². The normalized spacial score (nSPS) is 15.2. The van der Waals surface area contributed by atoms with E-state index in [0.717, 1.165) is 36.4 Å². The first-order chi connectivity index (χ1) is 15.6. The lowest BCUT2D eigenvalue weighted by molar-refractivity contribution is 0.0903. The highest BCUT2D eigenvalue weighted by molar-refractivity contribution is 7.80. The SMILES string of the molecule is CCOc1ccccc1NC(=S)N(Cc1ccc(OC)c(OC)c1OC)CC1CCCO1. The quantitative estimate of drug-likeness (QED) is 0.521. The van der Waals surface area contributed by atoms with Crippen LogP contribution in [-0.4, -0.2) is 57.2 Å². The summed E-state index contributed by atoms with van der Waals surface area (Å²) in [5.41, 5.74) is 1.77. The van der Waals surface area contributed by atoms with Crippen molar-refractivity contribution in [3.63, 3.8) is 0 Å². The van der Waals surface area contributed by atoms with E-state index in [1.54, 1.807) is 21.3 Å². The number of nitrogens with one attached hydrogen (secondary N) is 1. The van der Waals surface area contributed by atoms with E-state index in [1.165, 1.54) is 0 Å². The van der Waals surface area contributed by atoms with Gasteiger partial charge < -0.3 is 33.9 Å². The van der Waals surface area contributed by atoms with Crippen molar-refractivity contribution in [2.75, 3.05) is 46.4 Å². The lowest BCUT2D eigenvalue weighted by Gasteiger charge is -2.29. The molecule has 174 valence electrons. The molecular formula is C24H32N2O5S. The van der Waals surface area contributed by atoms with E-state index in [9.17, 15) is 0 Å². The maximum Gasteiger partial charge on any atom is 0.203 e. The molecule has 1 N–H and O–H groups in total. The molecule has 1 aliphatic rings. The Hall–Kier alpha value is -2.71. The van der Waals surface area contributed by atoms with E-state index in [1.807, 2.05) is 43.3 Å². The van der Waals surface area contributed by atoms with Crippen molar-refractivity contribution in [1.29, 1.82) is 0 Å². The van der Waals surface area contributed by atoms with Crippen LogP contribution in [0.4, 0.5) is 5.69 Å². The van der Waals surface area contributed by atoms with Crippen LogP contribution >= 0.6 is 12.2 Å². The molecule has 3 rings (SSSR count). The Morgan fingerprint density at radius 1 is 1.06 bits per heavy atom. The predicted molar refractivity (Wildman–Crippen MR) is 129 cm³/mol. The molecule has 2 aromatic rings. The number of benzene rings is 2. The lowest BCUT2D eigenvalue weighted by atomic mass is 10.1. The van der Waals surface area contributed by atoms with Crippen LogP contribution in [0.5, 0.6) is 23.0 Å². The molecule has 7 nitrogen and oxygen atoms in total. The number of ether oxygens (including phenoxy) is 5. The minimum atomic E-state index is 0.128. The van der Waals surface area contributed by atoms with Gasteiger partial charge in [0.05, 0.1) is 39.7 Å². The number of thiocarbonyl (C=S) groups is 1. The molecule has 0 aromatic heterocycles. The smallest absolute Gasteiger partial charge is 0.203 e. The van der Waals surface area contributed by atoms with Crippen molar-refractivity contribution in [3.05, 3.63) is 42.0 Å². The molecule has 32 heavy (non-hydrogen) atoms. The molecular weight excluding hydrogens is 428 g/mol. The summed E-state index contributed by atoms with van der Waals surface area (Å²) in [5, 5.41) is 3.95. The molecule has 0 bridgehead atoms. The number of anilines is 1. The molecule has 0 aliphatic carbocycles. The summed E-state index contributed by atoms with van der Waals surface area (Å²) >= 11 is 5.83. The van der Waals surface area contributed by atoms with E-state index in [0.29, 0.717) is 42.1 Å². The van der Waals surface area contributed by atoms with Gasteiger partial charge in [-0.05, 0) is 56.2 Å². The Labute approximate surface area is 195 Å². The Balaban J connectivity index is 1.87. The number of methoxy groups -OCH3 is 3. The van der Waals surface area contributed by atoms with Crippen molar-refractivity contribution in [2.24, 2.45) is 0 Å². The molecule has 1 saturated heterocycles. The molecule has 0 saturated carbocycles. The van der Waals surface area contributed by atoms with Gasteiger partial charge in [-0.1, -0.05) is 12.1 Å². The fourth-order valence-electron chi connectivity index (χ4n) is 3.79. The van der Waals surface area contributed by atoms with Crippen molar-refractivity contribution in [3.8, 4) is 23.0 Å². The van der Waals surface area contributed by atoms with Gasteiger partial charge in [0.2, 0.25) is 5.75 Å². The van der Waals surface area contributed by atoms with Gasteiger partial charge in [-0.2, -0.15) is 0 Å². The molecule has 8 heteroatoms. The van der Waals surface area contributed by atoms with Crippen LogP contribution in [0.2, 0.25) is 0 Å². The van der Waals surface area contributed by atoms with Gasteiger partial charge in [-0.15, -0.1) is 0 Å². The van der Waals surface area contributed by atoms with Gasteiger partial charge in [0.1, 0.15) is 5.75 Å². The Kier molecular flexibility index (Phi) is 8.81. The minimum Gasteiger partial charge on any atom is -0.493 e. The van der Waals surface area contributed by atoms with Gasteiger partial charge >= 0.3 is 0 Å². The zero-order valence-electron chi connectivity index (χ0n) is 19.2. The molecule has 0 amide bonds. The third kappa shape index (κ3) is 5.75. The van der Waals surface area contributed by atoms with Crippen LogP contribution in [0.15, 0.2) is 36.4 Å². The van der Waals surface area contributed by atoms with Gasteiger partial charge in [-0.3, -0.25) is 0 Å². The molecule has 1 fully saturated rings. The summed E-state index contributed by atoms with van der Waals surface area (Å²) in [6, 6.07) is 11.6. The first kappa shape index (κ1) is 23.9. The number of rotatable bonds is 10. The van der Waals surface area contributed by atoms with Crippen LogP contribution in [0.25, 0.3) is 0 Å². The second kappa shape index (κ2) is 11.8. The molecule has 0 spiro atoms. The largest absolute Gasteiger partial charge is 0.493 e. The third-order valence-electron chi connectivity index (χ3n) is 5.31. The highest BCUT2D eigenvalue weighted by Crippen LogP contribution is 2.40. The topological polar surface area (TPSA) is 61.4 Å². The summed E-state index contributed by atoms with van der Waals surface area (Å²) in [6.45, 7) is 4.51. The van der Waals surface area contributed by atoms with E-state index < -0.39 is 0 Å². The second-order valence-corrected chi connectivity index (χ2v) is 7.76. The van der Waals surface area contributed by atoms with Gasteiger partial charge in [-0.25, -0.2) is 0 Å². The van der Waals surface area contributed by atoms with Crippen LogP contribution in [-0.2, 0) is 11.3 Å². The highest BCUT2D eigenvalue weighted by Gasteiger charge is 2.24. The summed E-state index contributed by atoms with van der Waals surface area (Å²) in [7, 11) is 4.83. The summed E-state index contributed by atoms with van der Waals surface area (Å²) in [4.78, 5) is 2.10. The van der Waals surface area contributed by atoms with Crippen LogP contribution in [0.1, 0.15) is 25.3 Å². The van der Waals surface area contributed by atoms with Gasteiger partial charge in [0, 0.05) is 25.3 Å². The van der Waals surface area contributed by atoms with Gasteiger partial charge in [0.15, 0.2) is 16.6 Å². The summed E-state index contributed by atoms with van der Waals surface area (Å²) < 4.78 is 28.3. The van der Waals surface area contributed by atoms with Crippen molar-refractivity contribution < 1.29 is 23.7 Å². The Bertz CT molecular complexity index is 902. The third-order valence-corrected chi connectivity index (χ3v) is 5.67. The molecule has 0 radical (unpaired) electrons. The average molecular weight is 461 g/mol. The van der Waals surface area contributed by atoms with E-state index in [2.05, 4.69) is 10.2 Å². The lowest BCUT2D eigenvalue weighted by Crippen LogP contribution is -2.39. The Morgan fingerprint density at radius 3 is 2.50 bits per heavy atom. The number of hydrogen-bond acceptors (Lipinski definition) is 6. The number of hydrogen-bond donors (Lipinski definition) is 1. The van der Waals surface area contributed by atoms with Crippen molar-refractivity contribution >= 4 is 23.0 Å². The zero-order valence-corrected chi connectivity index (χ0v) is 20.0. The van der Waals surface area contributed by atoms with Gasteiger partial charge in [0.25, 0.3) is 0 Å². The monoisotopic (exact) mass is 460 g/mol. The predicted octanol–water partition coefficient (Wildman–Crippen LogP) is 4.49. The number of nitrogens with zero attached hydrogens (tertiary/aromatic N) is 1. The minimum absolute atomic E-state index is 0.128. The molecule has 1 unspecified atom stereocenters. The highest BCUT2D eigenvalue weighted by atomic mass is 32.1. The Morgan fingerprint density at radius 2 is 1.84 bits per heavy atom. The molecule has 1 atom stereocenters. The van der Waals surface area contributed by atoms with E-state index in [-0.39, 0.29) is 6.10 Å². The number of para-hydroxylation sites is 2. The summed E-state index contributed by atoms with van der Waals surface area (Å²) in [6.07, 6.45) is 2.20. The average Bonchev–Trinajstić information content (AvgIpc) is 3.32. The van der Waals surface area contributed by atoms with Crippen molar-refractivity contribution in [2.45, 2.75) is 32.4 Å². The maximum atomic E-state index is 5.89. The van der Waals surface area contributed by atoms with E-state index >= 15 is 0 Å². The molecule has 2 aromatic carbocycles.